The second kappa shape index (κ2) is 9.22. The van der Waals surface area contributed by atoms with Gasteiger partial charge in [0.15, 0.2) is 11.4 Å². The zero-order chi connectivity index (χ0) is 24.5. The molecule has 0 bridgehead atoms. The molecule has 8 nitrogen and oxygen atoms in total. The third kappa shape index (κ3) is 4.07. The lowest BCUT2D eigenvalue weighted by atomic mass is 10.1. The predicted molar refractivity (Wildman–Crippen MR) is 137 cm³/mol. The van der Waals surface area contributed by atoms with Crippen LogP contribution in [0.3, 0.4) is 0 Å². The second-order valence-electron chi connectivity index (χ2n) is 8.65. The molecule has 5 aromatic rings. The van der Waals surface area contributed by atoms with Crippen molar-refractivity contribution in [2.75, 3.05) is 38.2 Å². The Morgan fingerprint density at radius 1 is 0.861 bits per heavy atom. The standard InChI is InChI=1S/C28H25N5O3/c1-35-22-11-9-21(10-12-22)24-18-26-29-23(20-6-3-2-4-7-20)19-27(33(26)30-24)31-13-15-32(16-14-31)28(34)25-8-5-17-36-25/h2-12,17-19H,13-16H2,1H3. The maximum Gasteiger partial charge on any atom is 0.289 e. The van der Waals surface area contributed by atoms with Crippen molar-refractivity contribution in [1.29, 1.82) is 0 Å². The summed E-state index contributed by atoms with van der Waals surface area (Å²) in [4.78, 5) is 21.8. The van der Waals surface area contributed by atoms with E-state index < -0.39 is 0 Å². The Bertz CT molecular complexity index is 1490. The number of ether oxygens (including phenoxy) is 1. The summed E-state index contributed by atoms with van der Waals surface area (Å²) in [6, 6.07) is 25.5. The number of piperazine rings is 1. The van der Waals surface area contributed by atoms with Gasteiger partial charge in [-0.15, -0.1) is 0 Å². The molecule has 1 aliphatic rings. The van der Waals surface area contributed by atoms with Gasteiger partial charge in [-0.05, 0) is 36.4 Å². The Labute approximate surface area is 208 Å². The van der Waals surface area contributed by atoms with E-state index in [0.29, 0.717) is 31.9 Å². The predicted octanol–water partition coefficient (Wildman–Crippen LogP) is 4.63. The lowest BCUT2D eigenvalue weighted by Gasteiger charge is -2.35. The molecule has 1 amide bonds. The van der Waals surface area contributed by atoms with Crippen molar-refractivity contribution < 1.29 is 13.9 Å². The Balaban J connectivity index is 1.36. The van der Waals surface area contributed by atoms with Crippen molar-refractivity contribution in [3.8, 4) is 28.3 Å². The Hall–Kier alpha value is -4.59. The zero-order valence-corrected chi connectivity index (χ0v) is 19.9. The quantitative estimate of drug-likeness (QED) is 0.366. The number of anilines is 1. The molecule has 0 spiro atoms. The van der Waals surface area contributed by atoms with Crippen molar-refractivity contribution in [3.05, 3.63) is 90.9 Å². The maximum absolute atomic E-state index is 12.7. The number of carbonyl (C=O) groups is 1. The fraction of sp³-hybridized carbons (Fsp3) is 0.179. The average Bonchev–Trinajstić information content (AvgIpc) is 3.63. The van der Waals surface area contributed by atoms with Gasteiger partial charge in [-0.1, -0.05) is 30.3 Å². The molecule has 180 valence electrons. The monoisotopic (exact) mass is 479 g/mol. The molecule has 4 heterocycles. The lowest BCUT2D eigenvalue weighted by Crippen LogP contribution is -2.49. The molecular formula is C28H25N5O3. The minimum absolute atomic E-state index is 0.0784. The molecule has 0 unspecified atom stereocenters. The van der Waals surface area contributed by atoms with Gasteiger partial charge in [0.05, 0.1) is 24.8 Å². The van der Waals surface area contributed by atoms with Gasteiger partial charge < -0.3 is 19.0 Å². The van der Waals surface area contributed by atoms with Crippen LogP contribution in [0.25, 0.3) is 28.2 Å². The van der Waals surface area contributed by atoms with Crippen LogP contribution in [0.2, 0.25) is 0 Å². The van der Waals surface area contributed by atoms with Crippen LogP contribution in [0.5, 0.6) is 5.75 Å². The first-order valence-electron chi connectivity index (χ1n) is 11.9. The highest BCUT2D eigenvalue weighted by Gasteiger charge is 2.26. The summed E-state index contributed by atoms with van der Waals surface area (Å²) in [5.74, 6) is 2.04. The number of hydrogen-bond acceptors (Lipinski definition) is 6. The molecule has 1 aliphatic heterocycles. The smallest absolute Gasteiger partial charge is 0.289 e. The summed E-state index contributed by atoms with van der Waals surface area (Å²) < 4.78 is 12.5. The number of nitrogens with zero attached hydrogens (tertiary/aromatic N) is 5. The van der Waals surface area contributed by atoms with E-state index >= 15 is 0 Å². The summed E-state index contributed by atoms with van der Waals surface area (Å²) in [5.41, 5.74) is 4.52. The number of fused-ring (bicyclic) bond motifs is 1. The SMILES string of the molecule is COc1ccc(-c2cc3nc(-c4ccccc4)cc(N4CCN(C(=O)c5ccco5)CC4)n3n2)cc1. The van der Waals surface area contributed by atoms with Crippen LogP contribution in [0, 0.1) is 0 Å². The van der Waals surface area contributed by atoms with Crippen LogP contribution >= 0.6 is 0 Å². The molecule has 0 radical (unpaired) electrons. The van der Waals surface area contributed by atoms with Crippen LogP contribution in [-0.2, 0) is 0 Å². The molecule has 0 atom stereocenters. The van der Waals surface area contributed by atoms with Gasteiger partial charge in [-0.2, -0.15) is 9.61 Å². The summed E-state index contributed by atoms with van der Waals surface area (Å²) in [5, 5.41) is 4.92. The van der Waals surface area contributed by atoms with Crippen molar-refractivity contribution in [3.63, 3.8) is 0 Å². The number of benzene rings is 2. The second-order valence-corrected chi connectivity index (χ2v) is 8.65. The highest BCUT2D eigenvalue weighted by molar-refractivity contribution is 5.91. The average molecular weight is 480 g/mol. The number of aromatic nitrogens is 3. The molecule has 0 aliphatic carbocycles. The van der Waals surface area contributed by atoms with E-state index in [1.807, 2.05) is 57.9 Å². The van der Waals surface area contributed by atoms with Crippen molar-refractivity contribution in [2.24, 2.45) is 0 Å². The van der Waals surface area contributed by atoms with Crippen LogP contribution in [0.15, 0.2) is 89.5 Å². The van der Waals surface area contributed by atoms with Gasteiger partial charge in [0.2, 0.25) is 0 Å². The normalized spacial score (nSPS) is 13.8. The first-order valence-corrected chi connectivity index (χ1v) is 11.9. The maximum atomic E-state index is 12.7. The summed E-state index contributed by atoms with van der Waals surface area (Å²) in [6.07, 6.45) is 1.53. The van der Waals surface area contributed by atoms with Gasteiger partial charge in [0, 0.05) is 49.4 Å². The van der Waals surface area contributed by atoms with Gasteiger partial charge in [0.1, 0.15) is 11.6 Å². The number of amides is 1. The molecule has 3 aromatic heterocycles. The Kier molecular flexibility index (Phi) is 5.61. The third-order valence-electron chi connectivity index (χ3n) is 6.49. The minimum atomic E-state index is -0.0784. The van der Waals surface area contributed by atoms with E-state index in [0.717, 1.165) is 39.7 Å². The molecule has 0 N–H and O–H groups in total. The van der Waals surface area contributed by atoms with Gasteiger partial charge in [-0.25, -0.2) is 4.98 Å². The van der Waals surface area contributed by atoms with E-state index in [9.17, 15) is 4.79 Å². The lowest BCUT2D eigenvalue weighted by molar-refractivity contribution is 0.0714. The molecule has 0 saturated carbocycles. The van der Waals surface area contributed by atoms with E-state index in [2.05, 4.69) is 23.1 Å². The summed E-state index contributed by atoms with van der Waals surface area (Å²) in [7, 11) is 1.66. The van der Waals surface area contributed by atoms with Gasteiger partial charge >= 0.3 is 0 Å². The molecule has 1 saturated heterocycles. The molecule has 2 aromatic carbocycles. The van der Waals surface area contributed by atoms with Crippen LogP contribution in [-0.4, -0.2) is 58.7 Å². The fourth-order valence-corrected chi connectivity index (χ4v) is 4.54. The first kappa shape index (κ1) is 21.9. The van der Waals surface area contributed by atoms with E-state index in [4.69, 9.17) is 19.2 Å². The molecule has 36 heavy (non-hydrogen) atoms. The van der Waals surface area contributed by atoms with Crippen LogP contribution < -0.4 is 9.64 Å². The number of hydrogen-bond donors (Lipinski definition) is 0. The summed E-state index contributed by atoms with van der Waals surface area (Å²) in [6.45, 7) is 2.54. The van der Waals surface area contributed by atoms with Crippen molar-refractivity contribution in [1.82, 2.24) is 19.5 Å². The highest BCUT2D eigenvalue weighted by Crippen LogP contribution is 2.29. The van der Waals surface area contributed by atoms with Crippen LogP contribution in [0.4, 0.5) is 5.82 Å². The van der Waals surface area contributed by atoms with Crippen molar-refractivity contribution >= 4 is 17.4 Å². The molecule has 1 fully saturated rings. The van der Waals surface area contributed by atoms with Crippen molar-refractivity contribution in [2.45, 2.75) is 0 Å². The van der Waals surface area contributed by atoms with E-state index in [-0.39, 0.29) is 5.91 Å². The molecular weight excluding hydrogens is 454 g/mol. The fourth-order valence-electron chi connectivity index (χ4n) is 4.54. The van der Waals surface area contributed by atoms with Gasteiger partial charge in [-0.3, -0.25) is 4.79 Å². The third-order valence-corrected chi connectivity index (χ3v) is 6.49. The Morgan fingerprint density at radius 2 is 1.61 bits per heavy atom. The van der Waals surface area contributed by atoms with E-state index in [1.165, 1.54) is 6.26 Å². The topological polar surface area (TPSA) is 76.1 Å². The number of methoxy groups -OCH3 is 1. The number of carbonyl (C=O) groups excluding carboxylic acids is 1. The number of rotatable bonds is 5. The molecule has 8 heteroatoms. The summed E-state index contributed by atoms with van der Waals surface area (Å²) >= 11 is 0. The van der Waals surface area contributed by atoms with Crippen LogP contribution in [0.1, 0.15) is 10.6 Å². The van der Waals surface area contributed by atoms with E-state index in [1.54, 1.807) is 19.2 Å². The van der Waals surface area contributed by atoms with Gasteiger partial charge in [0.25, 0.3) is 5.91 Å². The molecule has 6 rings (SSSR count). The number of furan rings is 1. The first-order chi connectivity index (χ1) is 17.7. The largest absolute Gasteiger partial charge is 0.497 e. The minimum Gasteiger partial charge on any atom is -0.497 e. The highest BCUT2D eigenvalue weighted by atomic mass is 16.5. The Morgan fingerprint density at radius 3 is 2.31 bits per heavy atom. The zero-order valence-electron chi connectivity index (χ0n) is 19.9.